The van der Waals surface area contributed by atoms with E-state index in [2.05, 4.69) is 31.9 Å². The van der Waals surface area contributed by atoms with Crippen LogP contribution in [0.4, 0.5) is 0 Å². The van der Waals surface area contributed by atoms with Crippen molar-refractivity contribution >= 4 is 125 Å². The van der Waals surface area contributed by atoms with Gasteiger partial charge >= 0.3 is 21.2 Å². The third-order valence-corrected chi connectivity index (χ3v) is 10.3. The smallest absolute Gasteiger partial charge is 0.425 e. The number of carbonyl (C=O) groups is 1. The first-order valence-electron chi connectivity index (χ1n) is 14.5. The molecule has 59 heavy (non-hydrogen) atoms. The number of benzene rings is 5. The van der Waals surface area contributed by atoms with E-state index < -0.39 is 51.8 Å². The minimum absolute atomic E-state index is 0.00496. The first-order valence-corrected chi connectivity index (χ1v) is 22.1. The molecule has 0 aromatic heterocycles. The summed E-state index contributed by atoms with van der Waals surface area (Å²) in [6.07, 6.45) is 0.371. The summed E-state index contributed by atoms with van der Waals surface area (Å²) < 4.78 is 121. The lowest BCUT2D eigenvalue weighted by Gasteiger charge is -2.17. The number of hydrogen-bond acceptors (Lipinski definition) is 16. The fraction of sp³-hybridized carbons (Fsp3) is 0. The van der Waals surface area contributed by atoms with Crippen molar-refractivity contribution in [3.63, 3.8) is 0 Å². The van der Waals surface area contributed by atoms with Crippen LogP contribution in [0, 0.1) is 0 Å². The van der Waals surface area contributed by atoms with Crippen molar-refractivity contribution in [1.82, 2.24) is 0 Å². The summed E-state index contributed by atoms with van der Waals surface area (Å²) in [5, 5.41) is 28.0. The van der Waals surface area contributed by atoms with Gasteiger partial charge in [-0.05, 0) is 54.6 Å². The van der Waals surface area contributed by atoms with Gasteiger partial charge in [0.05, 0.1) is 15.1 Å². The Morgan fingerprint density at radius 1 is 0.610 bits per heavy atom. The minimum atomic E-state index is -4.62. The highest BCUT2D eigenvalue weighted by Crippen LogP contribution is 2.45. The molecule has 1 aliphatic carbocycles. The quantitative estimate of drug-likeness (QED) is 0.0685. The maximum Gasteiger partial charge on any atom is 0.425 e. The normalized spacial score (nSPS) is 10.6. The molecular formula is C32H19Br2Cl3O18S4. The third kappa shape index (κ3) is 15.3. The van der Waals surface area contributed by atoms with E-state index in [-0.39, 0.29) is 59.7 Å². The Kier molecular flexibility index (Phi) is 18.6. The number of carbonyl (C=O) groups excluding carboxylic acids is 1. The number of rotatable bonds is 4. The van der Waals surface area contributed by atoms with E-state index in [1.54, 1.807) is 6.07 Å². The van der Waals surface area contributed by atoms with E-state index in [1.807, 2.05) is 0 Å². The molecule has 0 bridgehead atoms. The Bertz CT molecular complexity index is 3010. The van der Waals surface area contributed by atoms with Gasteiger partial charge in [-0.3, -0.25) is 18.7 Å². The van der Waals surface area contributed by atoms with Crippen LogP contribution in [0.1, 0.15) is 10.4 Å². The molecular weight excluding hydrogens is 1070 g/mol. The van der Waals surface area contributed by atoms with Crippen LogP contribution in [0.15, 0.2) is 107 Å². The van der Waals surface area contributed by atoms with E-state index in [0.717, 1.165) is 6.07 Å². The molecule has 4 aromatic rings. The average molecular weight is 1090 g/mol. The Morgan fingerprint density at radius 3 is 1.61 bits per heavy atom. The molecule has 0 atom stereocenters. The summed E-state index contributed by atoms with van der Waals surface area (Å²) >= 11 is 23.7. The molecule has 0 amide bonds. The van der Waals surface area contributed by atoms with Crippen LogP contribution in [0.5, 0.6) is 17.2 Å². The molecule has 0 radical (unpaired) electrons. The Morgan fingerprint density at radius 2 is 1.12 bits per heavy atom. The SMILES string of the molecule is O=Cc1ccc(Br)cc1S(=O)(=O)O.O=S(=O)=O.O=S(=O)=O.O=c1cc2oc3cc(O)c(Cl)cc3c(-c3ccc(Br)cc3S(=O)(=O)O)c-2cc1Cl.Oc1ccc(Cl)c(O)c1. The lowest BCUT2D eigenvalue weighted by atomic mass is 9.93. The molecule has 0 spiro atoms. The Hall–Kier alpha value is -4.47. The first-order chi connectivity index (χ1) is 27.2. The van der Waals surface area contributed by atoms with E-state index in [4.69, 9.17) is 79.2 Å². The summed E-state index contributed by atoms with van der Waals surface area (Å²) in [7, 11) is -15.2. The summed E-state index contributed by atoms with van der Waals surface area (Å²) in [6.45, 7) is 0. The predicted octanol–water partition coefficient (Wildman–Crippen LogP) is 6.84. The standard InChI is InChI=1S/C19H9BrCl2O6S.C7H5BrO4S.C6H5ClO2.2O3S/c20-8-1-2-9(18(3-8)29(25,26)27)19-10-4-12(21)14(23)6-16(10)28-17-7-15(24)13(22)5-11(17)19;8-6-2-1-5(4-9)7(3-6)13(10,11)12;7-5-2-1-4(8)3-6(5)9;2*1-4(2)3/h1-7,23H,(H,25,26,27);1-4H,(H,10,11,12);1-3,8-9H;;. The van der Waals surface area contributed by atoms with Crippen LogP contribution in [0.2, 0.25) is 15.1 Å². The number of aldehydes is 1. The first kappa shape index (κ1) is 50.7. The molecule has 0 saturated carbocycles. The van der Waals surface area contributed by atoms with Crippen LogP contribution in [-0.2, 0) is 41.5 Å². The van der Waals surface area contributed by atoms with Gasteiger partial charge in [0, 0.05) is 54.8 Å². The molecule has 0 unspecified atom stereocenters. The fourth-order valence-corrected chi connectivity index (χ4v) is 7.32. The zero-order chi connectivity index (χ0) is 45.2. The molecule has 5 N–H and O–H groups in total. The average Bonchev–Trinajstić information content (AvgIpc) is 3.10. The maximum atomic E-state index is 12.1. The van der Waals surface area contributed by atoms with Gasteiger partial charge in [0.1, 0.15) is 38.4 Å². The molecule has 18 nitrogen and oxygen atoms in total. The van der Waals surface area contributed by atoms with Crippen molar-refractivity contribution < 1.29 is 75.7 Å². The molecule has 1 heterocycles. The largest absolute Gasteiger partial charge is 0.508 e. The van der Waals surface area contributed by atoms with Crippen molar-refractivity contribution in [2.75, 3.05) is 0 Å². The number of phenols is 3. The highest BCUT2D eigenvalue weighted by molar-refractivity contribution is 9.10. The van der Waals surface area contributed by atoms with Crippen LogP contribution in [-0.4, -0.2) is 72.8 Å². The lowest BCUT2D eigenvalue weighted by Crippen LogP contribution is -2.05. The highest BCUT2D eigenvalue weighted by Gasteiger charge is 2.25. The van der Waals surface area contributed by atoms with Gasteiger partial charge in [-0.25, -0.2) is 0 Å². The molecule has 6 rings (SSSR count). The second-order valence-corrected chi connectivity index (χ2v) is 17.1. The lowest BCUT2D eigenvalue weighted by molar-refractivity contribution is 0.112. The Labute approximate surface area is 366 Å². The zero-order valence-corrected chi connectivity index (χ0v) is 36.9. The van der Waals surface area contributed by atoms with Gasteiger partial charge in [-0.2, -0.15) is 16.8 Å². The van der Waals surface area contributed by atoms with Crippen molar-refractivity contribution in [3.8, 4) is 39.7 Å². The predicted molar refractivity (Wildman–Crippen MR) is 217 cm³/mol. The van der Waals surface area contributed by atoms with Gasteiger partial charge in [0.25, 0.3) is 20.2 Å². The van der Waals surface area contributed by atoms with Crippen molar-refractivity contribution in [2.45, 2.75) is 9.79 Å². The number of phenolic OH excluding ortho intramolecular Hbond substituents is 3. The second-order valence-electron chi connectivity index (χ2n) is 10.5. The molecule has 0 saturated heterocycles. The highest BCUT2D eigenvalue weighted by atomic mass is 79.9. The maximum absolute atomic E-state index is 12.1. The van der Waals surface area contributed by atoms with Gasteiger partial charge in [-0.1, -0.05) is 72.7 Å². The van der Waals surface area contributed by atoms with Gasteiger partial charge in [0.15, 0.2) is 6.29 Å². The number of aromatic hydroxyl groups is 3. The van der Waals surface area contributed by atoms with Gasteiger partial charge in [-0.15, -0.1) is 25.3 Å². The molecule has 1 aliphatic heterocycles. The number of fused-ring (bicyclic) bond motifs is 2. The summed E-state index contributed by atoms with van der Waals surface area (Å²) in [5.74, 6) is -0.225. The van der Waals surface area contributed by atoms with Crippen LogP contribution < -0.4 is 5.43 Å². The molecule has 0 fully saturated rings. The van der Waals surface area contributed by atoms with Crippen molar-refractivity contribution in [2.24, 2.45) is 0 Å². The number of hydrogen-bond donors (Lipinski definition) is 5. The van der Waals surface area contributed by atoms with Crippen molar-refractivity contribution in [3.05, 3.63) is 119 Å². The van der Waals surface area contributed by atoms with Crippen LogP contribution in [0.3, 0.4) is 0 Å². The van der Waals surface area contributed by atoms with E-state index in [1.165, 1.54) is 66.7 Å². The zero-order valence-electron chi connectivity index (χ0n) is 28.1. The summed E-state index contributed by atoms with van der Waals surface area (Å²) in [6, 6.07) is 17.5. The summed E-state index contributed by atoms with van der Waals surface area (Å²) in [4.78, 5) is 21.6. The van der Waals surface area contributed by atoms with E-state index in [0.29, 0.717) is 31.7 Å². The van der Waals surface area contributed by atoms with E-state index >= 15 is 0 Å². The van der Waals surface area contributed by atoms with E-state index in [9.17, 15) is 36.1 Å². The van der Waals surface area contributed by atoms with Crippen LogP contribution >= 0.6 is 66.7 Å². The molecule has 27 heteroatoms. The van der Waals surface area contributed by atoms with Gasteiger partial charge < -0.3 is 19.7 Å². The number of halogens is 5. The molecule has 2 aliphatic rings. The molecule has 4 aromatic carbocycles. The second kappa shape index (κ2) is 21.7. The van der Waals surface area contributed by atoms with Gasteiger partial charge in [0.2, 0.25) is 5.43 Å². The topological polar surface area (TPSA) is 319 Å². The minimum Gasteiger partial charge on any atom is -0.508 e. The Balaban J connectivity index is 0.000000328. The van der Waals surface area contributed by atoms with Crippen molar-refractivity contribution in [1.29, 1.82) is 0 Å². The van der Waals surface area contributed by atoms with Crippen LogP contribution in [0.25, 0.3) is 33.4 Å². The molecule has 314 valence electrons. The fourth-order valence-electron chi connectivity index (χ4n) is 4.44. The monoisotopic (exact) mass is 1080 g/mol. The third-order valence-electron chi connectivity index (χ3n) is 6.64. The summed E-state index contributed by atoms with van der Waals surface area (Å²) in [5.41, 5.74) is 0.377.